The van der Waals surface area contributed by atoms with Crippen LogP contribution in [-0.2, 0) is 5.75 Å². The average molecular weight is 392 g/mol. The number of para-hydroxylation sites is 2. The van der Waals surface area contributed by atoms with Gasteiger partial charge in [-0.2, -0.15) is 0 Å². The fourth-order valence-corrected chi connectivity index (χ4v) is 4.02. The van der Waals surface area contributed by atoms with E-state index in [0.29, 0.717) is 27.5 Å². The molecular formula is C22H17FN2O2S. The molecule has 0 bridgehead atoms. The Hall–Kier alpha value is -3.12. The number of thioether (sulfide) groups is 1. The van der Waals surface area contributed by atoms with Gasteiger partial charge in [0, 0.05) is 11.3 Å². The predicted octanol–water partition coefficient (Wildman–Crippen LogP) is 4.83. The summed E-state index contributed by atoms with van der Waals surface area (Å²) in [6, 6.07) is 20.9. The maximum Gasteiger partial charge on any atom is 0.266 e. The average Bonchev–Trinajstić information content (AvgIpc) is 2.72. The van der Waals surface area contributed by atoms with E-state index in [2.05, 4.69) is 4.98 Å². The lowest BCUT2D eigenvalue weighted by molar-refractivity contribution is 0.411. The topological polar surface area (TPSA) is 44.1 Å². The van der Waals surface area contributed by atoms with Gasteiger partial charge in [-0.1, -0.05) is 48.2 Å². The second kappa shape index (κ2) is 7.86. The van der Waals surface area contributed by atoms with Crippen LogP contribution in [-0.4, -0.2) is 16.7 Å². The van der Waals surface area contributed by atoms with Crippen LogP contribution >= 0.6 is 11.8 Å². The van der Waals surface area contributed by atoms with Crippen molar-refractivity contribution >= 4 is 22.7 Å². The molecule has 4 aromatic rings. The number of aromatic nitrogens is 2. The van der Waals surface area contributed by atoms with Crippen molar-refractivity contribution in [1.82, 2.24) is 9.55 Å². The molecule has 0 aliphatic rings. The van der Waals surface area contributed by atoms with Gasteiger partial charge in [-0.3, -0.25) is 9.36 Å². The standard InChI is InChI=1S/C22H17FN2O2S/c1-27-20-12-5-2-7-15(20)14-28-22-24-19-11-4-3-10-18(19)21(26)25(22)17-9-6-8-16(23)13-17/h2-13H,14H2,1H3. The molecule has 0 amide bonds. The van der Waals surface area contributed by atoms with Crippen molar-refractivity contribution in [2.24, 2.45) is 0 Å². The van der Waals surface area contributed by atoms with E-state index >= 15 is 0 Å². The molecule has 6 heteroatoms. The molecule has 140 valence electrons. The van der Waals surface area contributed by atoms with Crippen LogP contribution < -0.4 is 10.3 Å². The number of nitrogens with zero attached hydrogens (tertiary/aromatic N) is 2. The normalized spacial score (nSPS) is 10.9. The SMILES string of the molecule is COc1ccccc1CSc1nc2ccccc2c(=O)n1-c1cccc(F)c1. The monoisotopic (exact) mass is 392 g/mol. The third-order valence-corrected chi connectivity index (χ3v) is 5.35. The van der Waals surface area contributed by atoms with Gasteiger partial charge in [-0.05, 0) is 36.4 Å². The molecule has 0 aliphatic carbocycles. The zero-order valence-corrected chi connectivity index (χ0v) is 15.9. The number of hydrogen-bond donors (Lipinski definition) is 0. The highest BCUT2D eigenvalue weighted by Gasteiger charge is 2.14. The summed E-state index contributed by atoms with van der Waals surface area (Å²) in [5, 5.41) is 0.994. The Bertz CT molecular complexity index is 1210. The smallest absolute Gasteiger partial charge is 0.266 e. The molecule has 0 spiro atoms. The van der Waals surface area contributed by atoms with Crippen LogP contribution in [0.4, 0.5) is 4.39 Å². The number of halogens is 1. The molecule has 0 radical (unpaired) electrons. The zero-order valence-electron chi connectivity index (χ0n) is 15.1. The number of hydrogen-bond acceptors (Lipinski definition) is 4. The first-order valence-corrected chi connectivity index (χ1v) is 9.68. The molecule has 0 N–H and O–H groups in total. The number of methoxy groups -OCH3 is 1. The first-order chi connectivity index (χ1) is 13.7. The maximum absolute atomic E-state index is 13.8. The molecule has 4 rings (SSSR count). The van der Waals surface area contributed by atoms with Crippen molar-refractivity contribution in [3.63, 3.8) is 0 Å². The second-order valence-electron chi connectivity index (χ2n) is 6.13. The Kier molecular flexibility index (Phi) is 5.12. The largest absolute Gasteiger partial charge is 0.496 e. The summed E-state index contributed by atoms with van der Waals surface area (Å²) in [4.78, 5) is 17.8. The molecule has 0 fully saturated rings. The summed E-state index contributed by atoms with van der Waals surface area (Å²) in [5.74, 6) is 0.929. The predicted molar refractivity (Wildman–Crippen MR) is 110 cm³/mol. The highest BCUT2D eigenvalue weighted by molar-refractivity contribution is 7.98. The molecule has 28 heavy (non-hydrogen) atoms. The van der Waals surface area contributed by atoms with E-state index in [4.69, 9.17) is 4.74 Å². The van der Waals surface area contributed by atoms with Gasteiger partial charge in [0.1, 0.15) is 11.6 Å². The van der Waals surface area contributed by atoms with Gasteiger partial charge in [-0.15, -0.1) is 0 Å². The van der Waals surface area contributed by atoms with E-state index < -0.39 is 5.82 Å². The van der Waals surface area contributed by atoms with Crippen LogP contribution in [0.2, 0.25) is 0 Å². The summed E-state index contributed by atoms with van der Waals surface area (Å²) in [6.07, 6.45) is 0. The van der Waals surface area contributed by atoms with Crippen molar-refractivity contribution in [2.45, 2.75) is 10.9 Å². The summed E-state index contributed by atoms with van der Waals surface area (Å²) >= 11 is 1.41. The Morgan fingerprint density at radius 1 is 1.04 bits per heavy atom. The van der Waals surface area contributed by atoms with Gasteiger partial charge in [-0.25, -0.2) is 9.37 Å². The van der Waals surface area contributed by atoms with E-state index in [1.807, 2.05) is 30.3 Å². The molecule has 1 aromatic heterocycles. The Labute approximate surface area is 165 Å². The van der Waals surface area contributed by atoms with Gasteiger partial charge in [0.15, 0.2) is 5.16 Å². The fraction of sp³-hybridized carbons (Fsp3) is 0.0909. The minimum Gasteiger partial charge on any atom is -0.496 e. The molecule has 1 heterocycles. The van der Waals surface area contributed by atoms with Gasteiger partial charge in [0.05, 0.1) is 23.7 Å². The first kappa shape index (κ1) is 18.3. The molecule has 0 saturated heterocycles. The van der Waals surface area contributed by atoms with Crippen LogP contribution in [0.25, 0.3) is 16.6 Å². The number of ether oxygens (including phenoxy) is 1. The molecule has 0 atom stereocenters. The summed E-state index contributed by atoms with van der Waals surface area (Å²) in [5.41, 5.74) is 1.83. The summed E-state index contributed by atoms with van der Waals surface area (Å²) in [6.45, 7) is 0. The number of rotatable bonds is 5. The Balaban J connectivity index is 1.84. The van der Waals surface area contributed by atoms with Crippen molar-refractivity contribution in [1.29, 1.82) is 0 Å². The quantitative estimate of drug-likeness (QED) is 0.361. The molecular weight excluding hydrogens is 375 g/mol. The van der Waals surface area contributed by atoms with Crippen LogP contribution in [0.15, 0.2) is 82.7 Å². The zero-order chi connectivity index (χ0) is 19.5. The summed E-state index contributed by atoms with van der Waals surface area (Å²) in [7, 11) is 1.63. The van der Waals surface area contributed by atoms with Gasteiger partial charge < -0.3 is 4.74 Å². The summed E-state index contributed by atoms with van der Waals surface area (Å²) < 4.78 is 20.7. The molecule has 0 saturated carbocycles. The lowest BCUT2D eigenvalue weighted by Gasteiger charge is -2.14. The Morgan fingerprint density at radius 2 is 1.82 bits per heavy atom. The second-order valence-corrected chi connectivity index (χ2v) is 7.07. The van der Waals surface area contributed by atoms with E-state index in [9.17, 15) is 9.18 Å². The minimum absolute atomic E-state index is 0.223. The number of benzene rings is 3. The van der Waals surface area contributed by atoms with E-state index in [1.165, 1.54) is 28.5 Å². The third kappa shape index (κ3) is 3.51. The lowest BCUT2D eigenvalue weighted by atomic mass is 10.2. The van der Waals surface area contributed by atoms with Crippen LogP contribution in [0.1, 0.15) is 5.56 Å². The van der Waals surface area contributed by atoms with Crippen molar-refractivity contribution in [3.05, 3.63) is 94.5 Å². The van der Waals surface area contributed by atoms with E-state index in [1.54, 1.807) is 37.4 Å². The lowest BCUT2D eigenvalue weighted by Crippen LogP contribution is -2.21. The van der Waals surface area contributed by atoms with Crippen molar-refractivity contribution < 1.29 is 9.13 Å². The highest BCUT2D eigenvalue weighted by Crippen LogP contribution is 2.28. The van der Waals surface area contributed by atoms with Crippen molar-refractivity contribution in [2.75, 3.05) is 7.11 Å². The third-order valence-electron chi connectivity index (χ3n) is 4.36. The molecule has 0 unspecified atom stereocenters. The molecule has 0 aliphatic heterocycles. The van der Waals surface area contributed by atoms with Crippen LogP contribution in [0.5, 0.6) is 5.75 Å². The van der Waals surface area contributed by atoms with E-state index in [-0.39, 0.29) is 5.56 Å². The minimum atomic E-state index is -0.404. The van der Waals surface area contributed by atoms with Gasteiger partial charge in [0.2, 0.25) is 0 Å². The van der Waals surface area contributed by atoms with Crippen molar-refractivity contribution in [3.8, 4) is 11.4 Å². The Morgan fingerprint density at radius 3 is 2.64 bits per heavy atom. The maximum atomic E-state index is 13.8. The van der Waals surface area contributed by atoms with Gasteiger partial charge >= 0.3 is 0 Å². The van der Waals surface area contributed by atoms with E-state index in [0.717, 1.165) is 11.3 Å². The van der Waals surface area contributed by atoms with Crippen LogP contribution in [0, 0.1) is 5.82 Å². The van der Waals surface area contributed by atoms with Crippen LogP contribution in [0.3, 0.4) is 0 Å². The van der Waals surface area contributed by atoms with Gasteiger partial charge in [0.25, 0.3) is 5.56 Å². The molecule has 3 aromatic carbocycles. The first-order valence-electron chi connectivity index (χ1n) is 8.70. The fourth-order valence-electron chi connectivity index (χ4n) is 3.02. The number of fused-ring (bicyclic) bond motifs is 1. The highest BCUT2D eigenvalue weighted by atomic mass is 32.2. The molecule has 4 nitrogen and oxygen atoms in total.